The van der Waals surface area contributed by atoms with Crippen LogP contribution < -0.4 is 4.74 Å². The SMILES string of the molecule is c1cncc(O[C@@H]2CC[C@H]3[C@H]2OCCN3C2CCC2)c1. The van der Waals surface area contributed by atoms with E-state index >= 15 is 0 Å². The quantitative estimate of drug-likeness (QED) is 0.846. The molecule has 0 unspecified atom stereocenters. The highest BCUT2D eigenvalue weighted by Gasteiger charge is 2.46. The number of pyridine rings is 1. The summed E-state index contributed by atoms with van der Waals surface area (Å²) in [7, 11) is 0. The number of ether oxygens (including phenoxy) is 2. The summed E-state index contributed by atoms with van der Waals surface area (Å²) in [6, 6.07) is 5.27. The molecular formula is C16H22N2O2. The Kier molecular flexibility index (Phi) is 3.36. The molecule has 0 spiro atoms. The van der Waals surface area contributed by atoms with Gasteiger partial charge in [0.05, 0.1) is 12.8 Å². The highest BCUT2D eigenvalue weighted by atomic mass is 16.5. The molecule has 3 atom stereocenters. The van der Waals surface area contributed by atoms with Gasteiger partial charge in [0.25, 0.3) is 0 Å². The average Bonchev–Trinajstić information content (AvgIpc) is 2.83. The van der Waals surface area contributed by atoms with Crippen molar-refractivity contribution in [1.29, 1.82) is 0 Å². The number of hydrogen-bond donors (Lipinski definition) is 0. The first-order chi connectivity index (χ1) is 9.92. The number of rotatable bonds is 3. The predicted molar refractivity (Wildman–Crippen MR) is 75.8 cm³/mol. The topological polar surface area (TPSA) is 34.6 Å². The van der Waals surface area contributed by atoms with Crippen LogP contribution in [0.4, 0.5) is 0 Å². The van der Waals surface area contributed by atoms with Gasteiger partial charge in [-0.15, -0.1) is 0 Å². The minimum absolute atomic E-state index is 0.187. The Morgan fingerprint density at radius 3 is 2.95 bits per heavy atom. The Hall–Kier alpha value is -1.13. The number of hydrogen-bond acceptors (Lipinski definition) is 4. The van der Waals surface area contributed by atoms with E-state index in [-0.39, 0.29) is 12.2 Å². The van der Waals surface area contributed by atoms with Crippen molar-refractivity contribution in [2.75, 3.05) is 13.2 Å². The largest absolute Gasteiger partial charge is 0.486 e. The summed E-state index contributed by atoms with van der Waals surface area (Å²) in [4.78, 5) is 6.82. The Bertz CT molecular complexity index is 449. The van der Waals surface area contributed by atoms with Crippen LogP contribution in [0.15, 0.2) is 24.5 Å². The van der Waals surface area contributed by atoms with Gasteiger partial charge in [0.15, 0.2) is 0 Å². The van der Waals surface area contributed by atoms with E-state index in [2.05, 4.69) is 9.88 Å². The summed E-state index contributed by atoms with van der Waals surface area (Å²) in [5.41, 5.74) is 0. The van der Waals surface area contributed by atoms with Crippen LogP contribution in [0, 0.1) is 0 Å². The van der Waals surface area contributed by atoms with Gasteiger partial charge >= 0.3 is 0 Å². The van der Waals surface area contributed by atoms with Gasteiger partial charge < -0.3 is 9.47 Å². The predicted octanol–water partition coefficient (Wildman–Crippen LogP) is 2.24. The van der Waals surface area contributed by atoms with E-state index in [9.17, 15) is 0 Å². The number of morpholine rings is 1. The van der Waals surface area contributed by atoms with Crippen molar-refractivity contribution in [2.45, 2.75) is 56.4 Å². The second-order valence-electron chi connectivity index (χ2n) is 6.15. The molecule has 1 saturated heterocycles. The molecule has 0 amide bonds. The van der Waals surface area contributed by atoms with Crippen LogP contribution in [-0.4, -0.2) is 47.3 Å². The number of nitrogens with zero attached hydrogens (tertiary/aromatic N) is 2. The number of aromatic nitrogens is 1. The molecule has 2 aliphatic carbocycles. The van der Waals surface area contributed by atoms with E-state index in [1.807, 2.05) is 12.1 Å². The molecular weight excluding hydrogens is 252 g/mol. The lowest BCUT2D eigenvalue weighted by atomic mass is 9.89. The van der Waals surface area contributed by atoms with Gasteiger partial charge in [0.2, 0.25) is 0 Å². The lowest BCUT2D eigenvalue weighted by Crippen LogP contribution is -2.57. The Balaban J connectivity index is 1.45. The first-order valence-corrected chi connectivity index (χ1v) is 7.86. The maximum absolute atomic E-state index is 6.11. The second kappa shape index (κ2) is 5.34. The van der Waals surface area contributed by atoms with Gasteiger partial charge in [-0.05, 0) is 37.8 Å². The number of fused-ring (bicyclic) bond motifs is 1. The molecule has 0 N–H and O–H groups in total. The van der Waals surface area contributed by atoms with Crippen LogP contribution in [0.25, 0.3) is 0 Å². The molecule has 0 aromatic carbocycles. The van der Waals surface area contributed by atoms with Crippen molar-refractivity contribution in [3.63, 3.8) is 0 Å². The summed E-state index contributed by atoms with van der Waals surface area (Å²) < 4.78 is 12.2. The van der Waals surface area contributed by atoms with Crippen molar-refractivity contribution < 1.29 is 9.47 Å². The smallest absolute Gasteiger partial charge is 0.138 e. The highest BCUT2D eigenvalue weighted by Crippen LogP contribution is 2.37. The van der Waals surface area contributed by atoms with E-state index < -0.39 is 0 Å². The molecule has 4 nitrogen and oxygen atoms in total. The molecule has 108 valence electrons. The maximum Gasteiger partial charge on any atom is 0.138 e. The molecule has 1 aromatic heterocycles. The standard InChI is InChI=1S/C16H22N2O2/c1-3-12(4-1)18-9-10-19-16-14(18)6-7-15(16)20-13-5-2-8-17-11-13/h2,5,8,11-12,14-16H,1,3-4,6-7,9-10H2/t14-,15+,16+/m0/s1. The minimum atomic E-state index is 0.187. The highest BCUT2D eigenvalue weighted by molar-refractivity contribution is 5.17. The Morgan fingerprint density at radius 2 is 2.20 bits per heavy atom. The Morgan fingerprint density at radius 1 is 1.25 bits per heavy atom. The summed E-state index contributed by atoms with van der Waals surface area (Å²) in [5.74, 6) is 0.863. The van der Waals surface area contributed by atoms with Crippen LogP contribution >= 0.6 is 0 Å². The third-order valence-corrected chi connectivity index (χ3v) is 5.04. The van der Waals surface area contributed by atoms with Crippen LogP contribution in [0.5, 0.6) is 5.75 Å². The van der Waals surface area contributed by atoms with Crippen LogP contribution in [0.1, 0.15) is 32.1 Å². The molecule has 0 radical (unpaired) electrons. The molecule has 3 fully saturated rings. The molecule has 4 heteroatoms. The maximum atomic E-state index is 6.11. The van der Waals surface area contributed by atoms with E-state index in [4.69, 9.17) is 9.47 Å². The van der Waals surface area contributed by atoms with Crippen LogP contribution in [0.2, 0.25) is 0 Å². The molecule has 2 heterocycles. The third kappa shape index (κ3) is 2.21. The lowest BCUT2D eigenvalue weighted by molar-refractivity contribution is -0.109. The van der Waals surface area contributed by atoms with Gasteiger partial charge in [0, 0.05) is 24.8 Å². The summed E-state index contributed by atoms with van der Waals surface area (Å²) >= 11 is 0. The molecule has 0 bridgehead atoms. The van der Waals surface area contributed by atoms with E-state index in [1.54, 1.807) is 12.4 Å². The second-order valence-corrected chi connectivity index (χ2v) is 6.15. The molecule has 20 heavy (non-hydrogen) atoms. The minimum Gasteiger partial charge on any atom is -0.486 e. The van der Waals surface area contributed by atoms with Gasteiger partial charge in [0.1, 0.15) is 18.0 Å². The van der Waals surface area contributed by atoms with Crippen LogP contribution in [-0.2, 0) is 4.74 Å². The van der Waals surface area contributed by atoms with Crippen molar-refractivity contribution in [2.24, 2.45) is 0 Å². The third-order valence-electron chi connectivity index (χ3n) is 5.04. The summed E-state index contributed by atoms with van der Waals surface area (Å²) in [5, 5.41) is 0. The molecule has 4 rings (SSSR count). The van der Waals surface area contributed by atoms with E-state index in [1.165, 1.54) is 25.7 Å². The Labute approximate surface area is 120 Å². The van der Waals surface area contributed by atoms with Crippen molar-refractivity contribution in [1.82, 2.24) is 9.88 Å². The van der Waals surface area contributed by atoms with Crippen molar-refractivity contribution >= 4 is 0 Å². The van der Waals surface area contributed by atoms with E-state index in [0.717, 1.165) is 31.4 Å². The molecule has 1 aromatic rings. The van der Waals surface area contributed by atoms with Crippen molar-refractivity contribution in [3.05, 3.63) is 24.5 Å². The van der Waals surface area contributed by atoms with E-state index in [0.29, 0.717) is 6.04 Å². The van der Waals surface area contributed by atoms with Gasteiger partial charge in [-0.3, -0.25) is 9.88 Å². The van der Waals surface area contributed by atoms with Gasteiger partial charge in [-0.1, -0.05) is 6.42 Å². The zero-order chi connectivity index (χ0) is 13.4. The first kappa shape index (κ1) is 12.6. The lowest BCUT2D eigenvalue weighted by Gasteiger charge is -2.46. The average molecular weight is 274 g/mol. The van der Waals surface area contributed by atoms with Crippen molar-refractivity contribution in [3.8, 4) is 5.75 Å². The molecule has 3 aliphatic rings. The van der Waals surface area contributed by atoms with Gasteiger partial charge in [-0.25, -0.2) is 0 Å². The summed E-state index contributed by atoms with van der Waals surface area (Å²) in [6.07, 6.45) is 10.4. The molecule has 1 aliphatic heterocycles. The fourth-order valence-corrected chi connectivity index (χ4v) is 3.83. The fourth-order valence-electron chi connectivity index (χ4n) is 3.83. The van der Waals surface area contributed by atoms with Gasteiger partial charge in [-0.2, -0.15) is 0 Å². The zero-order valence-corrected chi connectivity index (χ0v) is 11.8. The normalized spacial score (nSPS) is 34.5. The monoisotopic (exact) mass is 274 g/mol. The fraction of sp³-hybridized carbons (Fsp3) is 0.688. The molecule has 2 saturated carbocycles. The van der Waals surface area contributed by atoms with Crippen LogP contribution in [0.3, 0.4) is 0 Å². The zero-order valence-electron chi connectivity index (χ0n) is 11.8. The summed E-state index contributed by atoms with van der Waals surface area (Å²) in [6.45, 7) is 1.95. The first-order valence-electron chi connectivity index (χ1n) is 7.86.